The number of ether oxygens (including phenoxy) is 4. The molecule has 1 heterocycles. The van der Waals surface area contributed by atoms with E-state index >= 15 is 0 Å². The van der Waals surface area contributed by atoms with Crippen molar-refractivity contribution in [1.29, 1.82) is 0 Å². The molecule has 1 saturated heterocycles. The molecular weight excluding hydrogens is 423 g/mol. The van der Waals surface area contributed by atoms with Gasteiger partial charge in [0.2, 0.25) is 0 Å². The summed E-state index contributed by atoms with van der Waals surface area (Å²) in [6, 6.07) is 18.9. The fourth-order valence-electron chi connectivity index (χ4n) is 3.29. The topological polar surface area (TPSA) is 115 Å². The molecule has 0 saturated carbocycles. The fraction of sp³-hybridized carbons (Fsp3) is 0.364. The maximum atomic E-state index is 11.2. The first-order valence-electron chi connectivity index (χ1n) is 9.79. The summed E-state index contributed by atoms with van der Waals surface area (Å²) in [5.74, 6) is 0.701. The minimum atomic E-state index is -4.42. The van der Waals surface area contributed by atoms with E-state index in [-0.39, 0.29) is 13.2 Å². The Morgan fingerprint density at radius 1 is 0.935 bits per heavy atom. The molecule has 5 atom stereocenters. The molecular formula is C22H27O8P. The Morgan fingerprint density at radius 2 is 1.45 bits per heavy atom. The van der Waals surface area contributed by atoms with E-state index in [0.717, 1.165) is 17.2 Å². The number of hydrogen-bond acceptors (Lipinski definition) is 6. The molecule has 1 fully saturated rings. The third kappa shape index (κ3) is 7.07. The summed E-state index contributed by atoms with van der Waals surface area (Å²) in [6.07, 6.45) is -3.71. The van der Waals surface area contributed by atoms with Gasteiger partial charge in [-0.3, -0.25) is 4.57 Å². The van der Waals surface area contributed by atoms with E-state index in [9.17, 15) is 9.67 Å². The van der Waals surface area contributed by atoms with E-state index in [4.69, 9.17) is 28.7 Å². The number of benzene rings is 2. The predicted octanol–water partition coefficient (Wildman–Crippen LogP) is 2.58. The van der Waals surface area contributed by atoms with Crippen LogP contribution in [-0.4, -0.2) is 52.7 Å². The lowest BCUT2D eigenvalue weighted by Crippen LogP contribution is -2.59. The standard InChI is InChI=1S/C22H27O8P/c1-27-22-21(29-15-17-10-6-3-7-11-17)20(28-14-16-8-4-2-5-9-16)19(23)18(30-22)12-13-31(24,25)26/h2-13,18-23H,14-15H2,1H3,(H2,24,25,26)/b13-12+/t18-,19?,20?,21?,22?/m1/s1. The molecule has 3 rings (SSSR count). The maximum absolute atomic E-state index is 11.2. The van der Waals surface area contributed by atoms with E-state index in [1.54, 1.807) is 0 Å². The first-order valence-corrected chi connectivity index (χ1v) is 11.5. The van der Waals surface area contributed by atoms with Gasteiger partial charge in [0, 0.05) is 12.9 Å². The van der Waals surface area contributed by atoms with Gasteiger partial charge in [-0.25, -0.2) is 0 Å². The van der Waals surface area contributed by atoms with Crippen molar-refractivity contribution in [2.75, 3.05) is 7.11 Å². The number of aliphatic hydroxyl groups is 1. The normalized spacial score (nSPS) is 26.9. The molecule has 0 radical (unpaired) electrons. The second-order valence-electron chi connectivity index (χ2n) is 7.15. The van der Waals surface area contributed by atoms with E-state index in [1.165, 1.54) is 7.11 Å². The van der Waals surface area contributed by atoms with Crippen LogP contribution in [0.1, 0.15) is 11.1 Å². The van der Waals surface area contributed by atoms with Crippen LogP contribution < -0.4 is 0 Å². The van der Waals surface area contributed by atoms with Crippen LogP contribution in [0.4, 0.5) is 0 Å². The smallest absolute Gasteiger partial charge is 0.348 e. The highest BCUT2D eigenvalue weighted by molar-refractivity contribution is 7.55. The molecule has 8 nitrogen and oxygen atoms in total. The largest absolute Gasteiger partial charge is 0.387 e. The zero-order chi connectivity index (χ0) is 22.3. The van der Waals surface area contributed by atoms with Crippen LogP contribution in [0.2, 0.25) is 0 Å². The molecule has 2 aromatic carbocycles. The van der Waals surface area contributed by atoms with Crippen molar-refractivity contribution in [1.82, 2.24) is 0 Å². The Morgan fingerprint density at radius 3 is 1.94 bits per heavy atom. The van der Waals surface area contributed by atoms with Gasteiger partial charge in [-0.05, 0) is 17.2 Å². The zero-order valence-electron chi connectivity index (χ0n) is 17.1. The Hall–Kier alpha value is -1.87. The summed E-state index contributed by atoms with van der Waals surface area (Å²) in [6.45, 7) is 0.453. The summed E-state index contributed by atoms with van der Waals surface area (Å²) in [7, 11) is -2.99. The molecule has 9 heteroatoms. The third-order valence-electron chi connectivity index (χ3n) is 4.83. The van der Waals surface area contributed by atoms with Gasteiger partial charge < -0.3 is 33.8 Å². The quantitative estimate of drug-likeness (QED) is 0.500. The minimum absolute atomic E-state index is 0.207. The maximum Gasteiger partial charge on any atom is 0.348 e. The predicted molar refractivity (Wildman–Crippen MR) is 113 cm³/mol. The first-order chi connectivity index (χ1) is 14.9. The van der Waals surface area contributed by atoms with E-state index in [1.807, 2.05) is 60.7 Å². The van der Waals surface area contributed by atoms with E-state index in [0.29, 0.717) is 5.82 Å². The van der Waals surface area contributed by atoms with Gasteiger partial charge in [-0.2, -0.15) is 0 Å². The minimum Gasteiger partial charge on any atom is -0.387 e. The van der Waals surface area contributed by atoms with Gasteiger partial charge in [0.05, 0.1) is 13.2 Å². The lowest BCUT2D eigenvalue weighted by Gasteiger charge is -2.43. The van der Waals surface area contributed by atoms with Crippen molar-refractivity contribution < 1.29 is 38.4 Å². The van der Waals surface area contributed by atoms with Gasteiger partial charge in [0.15, 0.2) is 6.29 Å². The monoisotopic (exact) mass is 450 g/mol. The summed E-state index contributed by atoms with van der Waals surface area (Å²) in [5.41, 5.74) is 1.83. The van der Waals surface area contributed by atoms with Crippen LogP contribution in [0, 0.1) is 0 Å². The molecule has 4 unspecified atom stereocenters. The van der Waals surface area contributed by atoms with Crippen molar-refractivity contribution in [2.24, 2.45) is 0 Å². The average Bonchev–Trinajstić information content (AvgIpc) is 2.77. The molecule has 2 aromatic rings. The lowest BCUT2D eigenvalue weighted by molar-refractivity contribution is -0.301. The highest BCUT2D eigenvalue weighted by atomic mass is 31.2. The average molecular weight is 450 g/mol. The molecule has 0 spiro atoms. The molecule has 3 N–H and O–H groups in total. The SMILES string of the molecule is COC1O[C@H](/C=C/P(=O)(O)O)C(O)C(OCc2ccccc2)C1OCc1ccccc1. The second kappa shape index (κ2) is 11.1. The van der Waals surface area contributed by atoms with Crippen molar-refractivity contribution in [3.8, 4) is 0 Å². The highest BCUT2D eigenvalue weighted by Crippen LogP contribution is 2.37. The van der Waals surface area contributed by atoms with Crippen molar-refractivity contribution in [2.45, 2.75) is 43.9 Å². The summed E-state index contributed by atoms with van der Waals surface area (Å²) < 4.78 is 34.4. The van der Waals surface area contributed by atoms with Gasteiger partial charge in [-0.1, -0.05) is 60.7 Å². The summed E-state index contributed by atoms with van der Waals surface area (Å²) in [5, 5.41) is 10.9. The van der Waals surface area contributed by atoms with Crippen LogP contribution >= 0.6 is 7.60 Å². The van der Waals surface area contributed by atoms with Crippen LogP contribution in [-0.2, 0) is 36.7 Å². The van der Waals surface area contributed by atoms with Gasteiger partial charge in [-0.15, -0.1) is 0 Å². The number of aliphatic hydroxyl groups excluding tert-OH is 1. The zero-order valence-corrected chi connectivity index (χ0v) is 18.0. The molecule has 0 amide bonds. The van der Waals surface area contributed by atoms with Crippen LogP contribution in [0.25, 0.3) is 0 Å². The lowest BCUT2D eigenvalue weighted by atomic mass is 9.98. The van der Waals surface area contributed by atoms with Crippen molar-refractivity contribution in [3.63, 3.8) is 0 Å². The third-order valence-corrected chi connectivity index (χ3v) is 5.39. The molecule has 168 valence electrons. The van der Waals surface area contributed by atoms with Crippen LogP contribution in [0.15, 0.2) is 72.6 Å². The van der Waals surface area contributed by atoms with Crippen LogP contribution in [0.5, 0.6) is 0 Å². The van der Waals surface area contributed by atoms with E-state index in [2.05, 4.69) is 0 Å². The molecule has 0 bridgehead atoms. The van der Waals surface area contributed by atoms with E-state index < -0.39 is 38.3 Å². The molecule has 1 aliphatic rings. The number of methoxy groups -OCH3 is 1. The number of hydrogen-bond donors (Lipinski definition) is 3. The van der Waals surface area contributed by atoms with Crippen LogP contribution in [0.3, 0.4) is 0 Å². The second-order valence-corrected chi connectivity index (χ2v) is 8.62. The van der Waals surface area contributed by atoms with Gasteiger partial charge in [0.25, 0.3) is 0 Å². The molecule has 31 heavy (non-hydrogen) atoms. The number of rotatable bonds is 9. The fourth-order valence-corrected chi connectivity index (χ4v) is 3.69. The Kier molecular flexibility index (Phi) is 8.54. The van der Waals surface area contributed by atoms with Gasteiger partial charge >= 0.3 is 7.60 Å². The molecule has 1 aliphatic heterocycles. The summed E-state index contributed by atoms with van der Waals surface area (Å²) >= 11 is 0. The first kappa shape index (κ1) is 23.8. The van der Waals surface area contributed by atoms with Gasteiger partial charge in [0.1, 0.15) is 24.4 Å². The Bertz CT molecular complexity index is 870. The van der Waals surface area contributed by atoms with Crippen molar-refractivity contribution >= 4 is 7.60 Å². The Labute approximate surface area is 181 Å². The molecule has 0 aliphatic carbocycles. The highest BCUT2D eigenvalue weighted by Gasteiger charge is 2.46. The Balaban J connectivity index is 1.80. The van der Waals surface area contributed by atoms with Crippen molar-refractivity contribution in [3.05, 3.63) is 83.7 Å². The molecule has 0 aromatic heterocycles. The summed E-state index contributed by atoms with van der Waals surface area (Å²) in [4.78, 5) is 18.3.